The molecule has 4 rings (SSSR count). The van der Waals surface area contributed by atoms with Crippen LogP contribution in [-0.4, -0.2) is 26.3 Å². The van der Waals surface area contributed by atoms with E-state index in [0.717, 1.165) is 29.5 Å². The summed E-state index contributed by atoms with van der Waals surface area (Å²) < 4.78 is 2.04. The van der Waals surface area contributed by atoms with Crippen LogP contribution in [0.15, 0.2) is 53.7 Å². The first-order chi connectivity index (χ1) is 12.6. The average molecular weight is 404 g/mol. The second-order valence-corrected chi connectivity index (χ2v) is 7.96. The highest BCUT2D eigenvalue weighted by molar-refractivity contribution is 7.99. The summed E-state index contributed by atoms with van der Waals surface area (Å²) in [6.07, 6.45) is 2.25. The van der Waals surface area contributed by atoms with Crippen LogP contribution < -0.4 is 0 Å². The summed E-state index contributed by atoms with van der Waals surface area (Å²) in [5.74, 6) is 1.72. The van der Waals surface area contributed by atoms with E-state index in [2.05, 4.69) is 10.2 Å². The van der Waals surface area contributed by atoms with Gasteiger partial charge in [-0.25, -0.2) is 0 Å². The molecule has 0 N–H and O–H groups in total. The molecule has 1 aromatic heterocycles. The van der Waals surface area contributed by atoms with Crippen LogP contribution in [0.5, 0.6) is 0 Å². The molecule has 4 nitrogen and oxygen atoms in total. The minimum absolute atomic E-state index is 0.0327. The number of hydrogen-bond acceptors (Lipinski definition) is 4. The summed E-state index contributed by atoms with van der Waals surface area (Å²) in [5.41, 5.74) is 1.60. The molecule has 2 aromatic carbocycles. The Balaban J connectivity index is 1.57. The summed E-state index contributed by atoms with van der Waals surface area (Å²) in [7, 11) is 0. The molecule has 7 heteroatoms. The molecule has 0 spiro atoms. The maximum atomic E-state index is 12.4. The number of ketones is 1. The molecule has 0 radical (unpaired) electrons. The molecule has 0 atom stereocenters. The molecule has 0 amide bonds. The van der Waals surface area contributed by atoms with Gasteiger partial charge in [0.15, 0.2) is 10.9 Å². The van der Waals surface area contributed by atoms with Crippen LogP contribution >= 0.6 is 35.0 Å². The zero-order chi connectivity index (χ0) is 18.1. The van der Waals surface area contributed by atoms with E-state index in [4.69, 9.17) is 23.2 Å². The third kappa shape index (κ3) is 3.80. The molecule has 3 aromatic rings. The topological polar surface area (TPSA) is 47.8 Å². The molecular weight excluding hydrogens is 389 g/mol. The number of hydrogen-bond donors (Lipinski definition) is 0. The van der Waals surface area contributed by atoms with Gasteiger partial charge in [-0.15, -0.1) is 10.2 Å². The Morgan fingerprint density at radius 3 is 2.23 bits per heavy atom. The van der Waals surface area contributed by atoms with Gasteiger partial charge in [-0.05, 0) is 61.4 Å². The second-order valence-electron chi connectivity index (χ2n) is 6.15. The molecule has 132 valence electrons. The van der Waals surface area contributed by atoms with Gasteiger partial charge < -0.3 is 0 Å². The maximum absolute atomic E-state index is 12.4. The maximum Gasteiger partial charge on any atom is 0.196 e. The number of aromatic nitrogens is 3. The number of benzene rings is 2. The van der Waals surface area contributed by atoms with Gasteiger partial charge in [0.2, 0.25) is 0 Å². The lowest BCUT2D eigenvalue weighted by Crippen LogP contribution is -2.05. The summed E-state index contributed by atoms with van der Waals surface area (Å²) >= 11 is 13.3. The standard InChI is InChI=1S/C19H15Cl2N3OS/c20-14-5-3-12(4-6-14)17(25)11-26-19-23-22-18(13-1-2-13)24(19)16-9-7-15(21)8-10-16/h3-10,13H,1-2,11H2. The van der Waals surface area contributed by atoms with Gasteiger partial charge in [0.05, 0.1) is 5.75 Å². The first kappa shape index (κ1) is 17.6. The predicted octanol–water partition coefficient (Wildman–Crippen LogP) is 5.43. The van der Waals surface area contributed by atoms with Crippen LogP contribution in [0.3, 0.4) is 0 Å². The van der Waals surface area contributed by atoms with E-state index in [1.54, 1.807) is 24.3 Å². The first-order valence-electron chi connectivity index (χ1n) is 8.24. The van der Waals surface area contributed by atoms with Crippen molar-refractivity contribution in [2.75, 3.05) is 5.75 Å². The molecule has 1 aliphatic rings. The fourth-order valence-electron chi connectivity index (χ4n) is 2.66. The predicted molar refractivity (Wildman–Crippen MR) is 105 cm³/mol. The zero-order valence-corrected chi connectivity index (χ0v) is 16.1. The zero-order valence-electron chi connectivity index (χ0n) is 13.7. The van der Waals surface area contributed by atoms with E-state index in [1.165, 1.54) is 11.8 Å². The van der Waals surface area contributed by atoms with Crippen molar-refractivity contribution in [2.45, 2.75) is 23.9 Å². The molecular formula is C19H15Cl2N3OS. The summed E-state index contributed by atoms with van der Waals surface area (Å²) in [6, 6.07) is 14.5. The second kappa shape index (κ2) is 7.43. The normalized spacial score (nSPS) is 13.8. The fourth-order valence-corrected chi connectivity index (χ4v) is 3.77. The van der Waals surface area contributed by atoms with Crippen molar-refractivity contribution in [2.24, 2.45) is 0 Å². The van der Waals surface area contributed by atoms with Crippen molar-refractivity contribution < 1.29 is 4.79 Å². The number of carbonyl (C=O) groups excluding carboxylic acids is 1. The van der Waals surface area contributed by atoms with Gasteiger partial charge in [-0.3, -0.25) is 9.36 Å². The highest BCUT2D eigenvalue weighted by Gasteiger charge is 2.31. The van der Waals surface area contributed by atoms with E-state index in [1.807, 2.05) is 28.8 Å². The van der Waals surface area contributed by atoms with Crippen LogP contribution in [0.2, 0.25) is 10.0 Å². The van der Waals surface area contributed by atoms with Crippen molar-refractivity contribution in [1.29, 1.82) is 0 Å². The third-order valence-corrected chi connectivity index (χ3v) is 5.62. The molecule has 1 aliphatic carbocycles. The smallest absolute Gasteiger partial charge is 0.196 e. The van der Waals surface area contributed by atoms with E-state index >= 15 is 0 Å². The van der Waals surface area contributed by atoms with Crippen LogP contribution in [0.4, 0.5) is 0 Å². The monoisotopic (exact) mass is 403 g/mol. The van der Waals surface area contributed by atoms with Crippen LogP contribution in [0.25, 0.3) is 5.69 Å². The Kier molecular flexibility index (Phi) is 5.02. The van der Waals surface area contributed by atoms with Gasteiger partial charge in [-0.2, -0.15) is 0 Å². The van der Waals surface area contributed by atoms with E-state index in [9.17, 15) is 4.79 Å². The summed E-state index contributed by atoms with van der Waals surface area (Å²) in [4.78, 5) is 12.4. The lowest BCUT2D eigenvalue weighted by molar-refractivity contribution is 0.102. The van der Waals surface area contributed by atoms with Gasteiger partial charge in [0.1, 0.15) is 5.82 Å². The lowest BCUT2D eigenvalue weighted by Gasteiger charge is -2.10. The third-order valence-electron chi connectivity index (χ3n) is 4.18. The number of Topliss-reactive ketones (excluding diaryl/α,β-unsaturated/α-hetero) is 1. The Morgan fingerprint density at radius 1 is 1.00 bits per heavy atom. The summed E-state index contributed by atoms with van der Waals surface area (Å²) in [6.45, 7) is 0. The van der Waals surface area contributed by atoms with Gasteiger partial charge in [0, 0.05) is 27.2 Å². The SMILES string of the molecule is O=C(CSc1nnc(C2CC2)n1-c1ccc(Cl)cc1)c1ccc(Cl)cc1. The number of carbonyl (C=O) groups is 1. The summed E-state index contributed by atoms with van der Waals surface area (Å²) in [5, 5.41) is 10.7. The van der Waals surface area contributed by atoms with Crippen molar-refractivity contribution in [3.63, 3.8) is 0 Å². The molecule has 0 unspecified atom stereocenters. The number of halogens is 2. The largest absolute Gasteiger partial charge is 0.293 e. The minimum atomic E-state index is 0.0327. The molecule has 0 bridgehead atoms. The lowest BCUT2D eigenvalue weighted by atomic mass is 10.1. The Morgan fingerprint density at radius 2 is 1.62 bits per heavy atom. The van der Waals surface area contributed by atoms with E-state index in [-0.39, 0.29) is 11.5 Å². The minimum Gasteiger partial charge on any atom is -0.293 e. The molecule has 0 aliphatic heterocycles. The highest BCUT2D eigenvalue weighted by atomic mass is 35.5. The Bertz CT molecular complexity index is 934. The molecule has 1 saturated carbocycles. The first-order valence-corrected chi connectivity index (χ1v) is 9.99. The highest BCUT2D eigenvalue weighted by Crippen LogP contribution is 2.41. The van der Waals surface area contributed by atoms with Gasteiger partial charge >= 0.3 is 0 Å². The van der Waals surface area contributed by atoms with E-state index in [0.29, 0.717) is 21.5 Å². The van der Waals surface area contributed by atoms with Crippen LogP contribution in [-0.2, 0) is 0 Å². The van der Waals surface area contributed by atoms with Crippen molar-refractivity contribution in [3.05, 3.63) is 70.0 Å². The van der Waals surface area contributed by atoms with Gasteiger partial charge in [-0.1, -0.05) is 35.0 Å². The molecule has 0 saturated heterocycles. The molecule has 1 fully saturated rings. The Hall–Kier alpha value is -1.82. The number of nitrogens with zero attached hydrogens (tertiary/aromatic N) is 3. The average Bonchev–Trinajstić information content (AvgIpc) is 3.41. The molecule has 26 heavy (non-hydrogen) atoms. The van der Waals surface area contributed by atoms with Crippen molar-refractivity contribution >= 4 is 40.7 Å². The fraction of sp³-hybridized carbons (Fsp3) is 0.211. The number of thioether (sulfide) groups is 1. The van der Waals surface area contributed by atoms with E-state index < -0.39 is 0 Å². The van der Waals surface area contributed by atoms with Crippen LogP contribution in [0.1, 0.15) is 34.9 Å². The van der Waals surface area contributed by atoms with Gasteiger partial charge in [0.25, 0.3) is 0 Å². The number of rotatable bonds is 6. The Labute approximate surface area is 165 Å². The quantitative estimate of drug-likeness (QED) is 0.406. The van der Waals surface area contributed by atoms with Crippen molar-refractivity contribution in [3.8, 4) is 5.69 Å². The molecule has 1 heterocycles. The van der Waals surface area contributed by atoms with Crippen molar-refractivity contribution in [1.82, 2.24) is 14.8 Å². The van der Waals surface area contributed by atoms with Crippen LogP contribution in [0, 0.1) is 0 Å².